The van der Waals surface area contributed by atoms with Crippen LogP contribution in [0.15, 0.2) is 30.6 Å². The highest BCUT2D eigenvalue weighted by molar-refractivity contribution is 6.18. The van der Waals surface area contributed by atoms with Crippen LogP contribution in [0, 0.1) is 20.8 Å². The highest BCUT2D eigenvalue weighted by atomic mass is 16.3. The average Bonchev–Trinajstić information content (AvgIpc) is 3.21. The van der Waals surface area contributed by atoms with Crippen molar-refractivity contribution in [1.82, 2.24) is 24.4 Å². The zero-order chi connectivity index (χ0) is 22.0. The smallest absolute Gasteiger partial charge is 0.260 e. The number of amides is 1. The molecule has 1 aromatic carbocycles. The van der Waals surface area contributed by atoms with Gasteiger partial charge in [0.05, 0.1) is 28.0 Å². The fourth-order valence-corrected chi connectivity index (χ4v) is 4.24. The van der Waals surface area contributed by atoms with Crippen molar-refractivity contribution >= 4 is 34.5 Å². The summed E-state index contributed by atoms with van der Waals surface area (Å²) >= 11 is 0. The van der Waals surface area contributed by atoms with E-state index >= 15 is 0 Å². The van der Waals surface area contributed by atoms with Crippen molar-refractivity contribution in [3.05, 3.63) is 64.4 Å². The number of carbonyl (C=O) groups excluding carboxylic acids is 1. The summed E-state index contributed by atoms with van der Waals surface area (Å²) in [4.78, 5) is 22.6. The third-order valence-electron chi connectivity index (χ3n) is 5.72. The highest BCUT2D eigenvalue weighted by Gasteiger charge is 2.30. The van der Waals surface area contributed by atoms with Gasteiger partial charge in [-0.2, -0.15) is 0 Å². The van der Waals surface area contributed by atoms with Crippen molar-refractivity contribution in [2.24, 2.45) is 7.05 Å². The lowest BCUT2D eigenvalue weighted by atomic mass is 10.1. The van der Waals surface area contributed by atoms with Crippen LogP contribution in [0.1, 0.15) is 38.6 Å². The molecule has 0 bridgehead atoms. The Morgan fingerprint density at radius 3 is 2.61 bits per heavy atom. The largest absolute Gasteiger partial charge is 0.508 e. The van der Waals surface area contributed by atoms with Crippen LogP contribution in [0.4, 0.5) is 5.82 Å². The van der Waals surface area contributed by atoms with Gasteiger partial charge in [-0.3, -0.25) is 9.36 Å². The van der Waals surface area contributed by atoms with Crippen LogP contribution in [0.5, 0.6) is 5.75 Å². The van der Waals surface area contributed by atoms with Crippen LogP contribution >= 0.6 is 0 Å². The number of phenolic OH excluding ortho intramolecular Hbond substituents is 1. The van der Waals surface area contributed by atoms with Crippen molar-refractivity contribution < 1.29 is 9.90 Å². The second-order valence-corrected chi connectivity index (χ2v) is 7.90. The third-order valence-corrected chi connectivity index (χ3v) is 5.72. The molecule has 4 heterocycles. The van der Waals surface area contributed by atoms with Gasteiger partial charge in [-0.05, 0) is 44.5 Å². The lowest BCUT2D eigenvalue weighted by molar-refractivity contribution is 0.0976. The SMILES string of the molecule is Cc1nc2c3c(c(N)n(-c4c(C)ccc(O)c4C)c3n1)C(=O)NC(c1ccn(C)c1)=C2. The molecule has 1 aliphatic heterocycles. The third kappa shape index (κ3) is 2.72. The number of aromatic hydroxyl groups is 1. The molecular formula is C23H22N6O2. The van der Waals surface area contributed by atoms with Gasteiger partial charge in [0.2, 0.25) is 0 Å². The van der Waals surface area contributed by atoms with Crippen molar-refractivity contribution in [2.45, 2.75) is 20.8 Å². The number of hydrogen-bond donors (Lipinski definition) is 3. The van der Waals surface area contributed by atoms with Gasteiger partial charge in [0.1, 0.15) is 17.4 Å². The number of aryl methyl sites for hydroxylation is 3. The molecule has 8 nitrogen and oxygen atoms in total. The first kappa shape index (κ1) is 18.9. The number of nitrogens with two attached hydrogens (primary N) is 1. The van der Waals surface area contributed by atoms with Crippen molar-refractivity contribution in [1.29, 1.82) is 0 Å². The summed E-state index contributed by atoms with van der Waals surface area (Å²) < 4.78 is 3.66. The van der Waals surface area contributed by atoms with Crippen molar-refractivity contribution in [3.8, 4) is 11.4 Å². The number of aromatic nitrogens is 4. The molecule has 5 rings (SSSR count). The van der Waals surface area contributed by atoms with E-state index in [1.807, 2.05) is 63.0 Å². The van der Waals surface area contributed by atoms with Crippen molar-refractivity contribution in [2.75, 3.05) is 5.73 Å². The molecule has 0 aliphatic carbocycles. The number of nitrogens with zero attached hydrogens (tertiary/aromatic N) is 4. The van der Waals surface area contributed by atoms with Crippen LogP contribution in [-0.2, 0) is 7.05 Å². The van der Waals surface area contributed by atoms with E-state index < -0.39 is 0 Å². The summed E-state index contributed by atoms with van der Waals surface area (Å²) in [5.41, 5.74) is 11.8. The number of nitrogens with one attached hydrogen (secondary N) is 1. The zero-order valence-electron chi connectivity index (χ0n) is 17.7. The first-order chi connectivity index (χ1) is 14.8. The van der Waals surface area contributed by atoms with E-state index in [0.717, 1.165) is 11.1 Å². The molecule has 0 saturated heterocycles. The monoisotopic (exact) mass is 414 g/mol. The van der Waals surface area contributed by atoms with E-state index in [9.17, 15) is 9.90 Å². The van der Waals surface area contributed by atoms with Crippen LogP contribution in [0.2, 0.25) is 0 Å². The highest BCUT2D eigenvalue weighted by Crippen LogP contribution is 2.38. The fraction of sp³-hybridized carbons (Fsp3) is 0.174. The maximum absolute atomic E-state index is 13.3. The van der Waals surface area contributed by atoms with Gasteiger partial charge in [-0.15, -0.1) is 0 Å². The zero-order valence-corrected chi connectivity index (χ0v) is 17.7. The number of carbonyl (C=O) groups is 1. The number of nitrogen functional groups attached to an aromatic ring is 1. The van der Waals surface area contributed by atoms with Gasteiger partial charge >= 0.3 is 0 Å². The minimum Gasteiger partial charge on any atom is -0.508 e. The molecule has 4 N–H and O–H groups in total. The van der Waals surface area contributed by atoms with E-state index in [1.54, 1.807) is 10.6 Å². The maximum Gasteiger partial charge on any atom is 0.260 e. The minimum absolute atomic E-state index is 0.150. The number of anilines is 1. The molecule has 0 saturated carbocycles. The Hall–Kier alpha value is -4.07. The summed E-state index contributed by atoms with van der Waals surface area (Å²) in [6.07, 6.45) is 5.69. The Kier molecular flexibility index (Phi) is 3.95. The molecule has 4 aromatic rings. The molecular weight excluding hydrogens is 392 g/mol. The second kappa shape index (κ2) is 6.46. The normalized spacial score (nSPS) is 13.3. The average molecular weight is 414 g/mol. The quantitative estimate of drug-likeness (QED) is 0.466. The summed E-state index contributed by atoms with van der Waals surface area (Å²) in [5.74, 6) is 0.643. The van der Waals surface area contributed by atoms with E-state index in [4.69, 9.17) is 5.73 Å². The number of benzene rings is 1. The summed E-state index contributed by atoms with van der Waals surface area (Å²) in [6, 6.07) is 5.39. The Morgan fingerprint density at radius 1 is 1.13 bits per heavy atom. The molecule has 3 aromatic heterocycles. The molecule has 31 heavy (non-hydrogen) atoms. The van der Waals surface area contributed by atoms with Crippen LogP contribution in [0.3, 0.4) is 0 Å². The summed E-state index contributed by atoms with van der Waals surface area (Å²) in [5, 5.41) is 13.9. The first-order valence-electron chi connectivity index (χ1n) is 9.89. The number of hydrogen-bond acceptors (Lipinski definition) is 5. The summed E-state index contributed by atoms with van der Waals surface area (Å²) in [7, 11) is 1.92. The lowest BCUT2D eigenvalue weighted by Crippen LogP contribution is -2.22. The van der Waals surface area contributed by atoms with Gasteiger partial charge in [0.25, 0.3) is 5.91 Å². The Bertz CT molecular complexity index is 1440. The van der Waals surface area contributed by atoms with Gasteiger partial charge in [0, 0.05) is 30.6 Å². The van der Waals surface area contributed by atoms with E-state index in [0.29, 0.717) is 45.1 Å². The molecule has 8 heteroatoms. The Balaban J connectivity index is 1.88. The number of phenols is 1. The van der Waals surface area contributed by atoms with Gasteiger partial charge in [-0.25, -0.2) is 9.97 Å². The molecule has 1 aliphatic rings. The maximum atomic E-state index is 13.3. The molecule has 0 unspecified atom stereocenters. The van der Waals surface area contributed by atoms with Gasteiger partial charge < -0.3 is 20.7 Å². The first-order valence-corrected chi connectivity index (χ1v) is 9.89. The topological polar surface area (TPSA) is 111 Å². The van der Waals surface area contributed by atoms with Gasteiger partial charge in [-0.1, -0.05) is 6.07 Å². The predicted octanol–water partition coefficient (Wildman–Crippen LogP) is 3.21. The molecule has 0 fully saturated rings. The second-order valence-electron chi connectivity index (χ2n) is 7.90. The summed E-state index contributed by atoms with van der Waals surface area (Å²) in [6.45, 7) is 5.55. The molecule has 0 radical (unpaired) electrons. The lowest BCUT2D eigenvalue weighted by Gasteiger charge is -2.16. The molecule has 156 valence electrons. The Morgan fingerprint density at radius 2 is 1.90 bits per heavy atom. The van der Waals surface area contributed by atoms with Gasteiger partial charge in [0.15, 0.2) is 5.65 Å². The van der Waals surface area contributed by atoms with Crippen LogP contribution < -0.4 is 11.1 Å². The molecule has 1 amide bonds. The molecule has 0 spiro atoms. The minimum atomic E-state index is -0.321. The van der Waals surface area contributed by atoms with E-state index in [1.165, 1.54) is 0 Å². The van der Waals surface area contributed by atoms with Crippen LogP contribution in [0.25, 0.3) is 28.5 Å². The van der Waals surface area contributed by atoms with Crippen molar-refractivity contribution in [3.63, 3.8) is 0 Å². The fourth-order valence-electron chi connectivity index (χ4n) is 4.24. The number of rotatable bonds is 2. The molecule has 0 atom stereocenters. The predicted molar refractivity (Wildman–Crippen MR) is 120 cm³/mol. The van der Waals surface area contributed by atoms with Crippen LogP contribution in [-0.4, -0.2) is 30.1 Å². The standard InChI is InChI=1S/C23H22N6O2/c1-11-5-6-17(30)12(2)20(11)29-21(24)19-18-16(25-13(3)26-22(18)29)9-15(27-23(19)31)14-7-8-28(4)10-14/h5-10,30H,24H2,1-4H3,(H,27,31). The van der Waals surface area contributed by atoms with E-state index in [2.05, 4.69) is 15.3 Å². The Labute approximate surface area is 178 Å². The van der Waals surface area contributed by atoms with E-state index in [-0.39, 0.29) is 17.5 Å².